The highest BCUT2D eigenvalue weighted by Gasteiger charge is 2.25. The summed E-state index contributed by atoms with van der Waals surface area (Å²) in [5, 5.41) is 4.09. The van der Waals surface area contributed by atoms with Crippen LogP contribution in [-0.4, -0.2) is 41.5 Å². The number of piperazine rings is 1. The molecule has 0 unspecified atom stereocenters. The van der Waals surface area contributed by atoms with Crippen molar-refractivity contribution in [2.24, 2.45) is 0 Å². The van der Waals surface area contributed by atoms with E-state index in [1.165, 1.54) is 16.7 Å². The molecule has 7 heteroatoms. The molecule has 0 spiro atoms. The van der Waals surface area contributed by atoms with Crippen LogP contribution in [-0.2, 0) is 14.4 Å². The number of thioether (sulfide) groups is 1. The third-order valence-electron chi connectivity index (χ3n) is 2.13. The molecule has 17 heavy (non-hydrogen) atoms. The molecule has 0 atom stereocenters. The van der Waals surface area contributed by atoms with Crippen molar-refractivity contribution in [2.45, 2.75) is 4.21 Å². The maximum atomic E-state index is 11.8. The number of imide groups is 1. The Bertz CT molecular complexity index is 428. The Balaban J connectivity index is 1.87. The summed E-state index contributed by atoms with van der Waals surface area (Å²) < 4.78 is 1.05. The molecule has 1 fully saturated rings. The van der Waals surface area contributed by atoms with Crippen molar-refractivity contribution in [3.8, 4) is 0 Å². The van der Waals surface area contributed by atoms with Crippen LogP contribution < -0.4 is 5.32 Å². The molecule has 0 aromatic carbocycles. The third kappa shape index (κ3) is 3.31. The molecule has 0 aliphatic carbocycles. The zero-order chi connectivity index (χ0) is 12.3. The average Bonchev–Trinajstić information content (AvgIpc) is 2.77. The first kappa shape index (κ1) is 12.1. The average molecular weight is 270 g/mol. The highest BCUT2D eigenvalue weighted by molar-refractivity contribution is 8.01. The van der Waals surface area contributed by atoms with Crippen LogP contribution in [0.25, 0.3) is 0 Å². The zero-order valence-electron chi connectivity index (χ0n) is 8.84. The van der Waals surface area contributed by atoms with Gasteiger partial charge < -0.3 is 4.90 Å². The minimum atomic E-state index is -0.421. The van der Waals surface area contributed by atoms with Gasteiger partial charge in [-0.05, 0) is 11.4 Å². The van der Waals surface area contributed by atoms with E-state index < -0.39 is 11.8 Å². The Hall–Kier alpha value is -1.34. The first-order valence-electron chi connectivity index (χ1n) is 4.92. The molecule has 0 radical (unpaired) electrons. The molecule has 1 aromatic rings. The lowest BCUT2D eigenvalue weighted by Gasteiger charge is -2.25. The molecule has 5 nitrogen and oxygen atoms in total. The smallest absolute Gasteiger partial charge is 0.246 e. The molecular formula is C10H10N2O3S2. The van der Waals surface area contributed by atoms with Crippen LogP contribution in [0.5, 0.6) is 0 Å². The fraction of sp³-hybridized carbons (Fsp3) is 0.300. The molecular weight excluding hydrogens is 260 g/mol. The lowest BCUT2D eigenvalue weighted by Crippen LogP contribution is -2.53. The van der Waals surface area contributed by atoms with Gasteiger partial charge >= 0.3 is 0 Å². The van der Waals surface area contributed by atoms with Crippen molar-refractivity contribution < 1.29 is 14.4 Å². The van der Waals surface area contributed by atoms with E-state index in [1.54, 1.807) is 11.3 Å². The first-order valence-corrected chi connectivity index (χ1v) is 6.78. The van der Waals surface area contributed by atoms with Gasteiger partial charge in [-0.2, -0.15) is 0 Å². The van der Waals surface area contributed by atoms with E-state index in [2.05, 4.69) is 5.32 Å². The molecule has 1 aliphatic heterocycles. The fourth-order valence-corrected chi connectivity index (χ4v) is 3.07. The van der Waals surface area contributed by atoms with Gasteiger partial charge in [0.2, 0.25) is 17.7 Å². The highest BCUT2D eigenvalue weighted by atomic mass is 32.2. The maximum Gasteiger partial charge on any atom is 0.246 e. The second-order valence-corrected chi connectivity index (χ2v) is 5.67. The van der Waals surface area contributed by atoms with Crippen LogP contribution in [0.3, 0.4) is 0 Å². The Kier molecular flexibility index (Phi) is 3.80. The molecule has 1 N–H and O–H groups in total. The van der Waals surface area contributed by atoms with E-state index in [0.29, 0.717) is 0 Å². The van der Waals surface area contributed by atoms with Gasteiger partial charge in [-0.25, -0.2) is 0 Å². The number of carbonyl (C=O) groups excluding carboxylic acids is 3. The van der Waals surface area contributed by atoms with Crippen LogP contribution >= 0.6 is 23.1 Å². The number of amides is 3. The van der Waals surface area contributed by atoms with Crippen molar-refractivity contribution in [3.63, 3.8) is 0 Å². The summed E-state index contributed by atoms with van der Waals surface area (Å²) in [4.78, 5) is 35.2. The lowest BCUT2D eigenvalue weighted by atomic mass is 10.3. The van der Waals surface area contributed by atoms with Gasteiger partial charge in [0.05, 0.1) is 9.96 Å². The molecule has 1 aromatic heterocycles. The minimum Gasteiger partial charge on any atom is -0.323 e. The van der Waals surface area contributed by atoms with E-state index in [1.807, 2.05) is 17.5 Å². The number of nitrogens with zero attached hydrogens (tertiary/aromatic N) is 1. The Morgan fingerprint density at radius 2 is 2.12 bits per heavy atom. The number of nitrogens with one attached hydrogen (secondary N) is 1. The summed E-state index contributed by atoms with van der Waals surface area (Å²) in [6, 6.07) is 3.84. The van der Waals surface area contributed by atoms with Crippen molar-refractivity contribution in [1.29, 1.82) is 0 Å². The van der Waals surface area contributed by atoms with E-state index in [-0.39, 0.29) is 24.7 Å². The topological polar surface area (TPSA) is 66.5 Å². The van der Waals surface area contributed by atoms with E-state index in [9.17, 15) is 14.4 Å². The number of hydrogen-bond donors (Lipinski definition) is 1. The number of rotatable bonds is 3. The number of carbonyl (C=O) groups is 3. The SMILES string of the molecule is O=C1CN(C(=O)CSc2cccs2)CC(=O)N1. The molecule has 0 saturated carbocycles. The normalized spacial score (nSPS) is 15.9. The third-order valence-corrected chi connectivity index (χ3v) is 4.25. The molecule has 2 heterocycles. The van der Waals surface area contributed by atoms with E-state index >= 15 is 0 Å². The molecule has 90 valence electrons. The molecule has 1 aliphatic rings. The quantitative estimate of drug-likeness (QED) is 0.635. The summed E-state index contributed by atoms with van der Waals surface area (Å²) in [6.07, 6.45) is 0. The molecule has 3 amide bonds. The van der Waals surface area contributed by atoms with Crippen molar-refractivity contribution >= 4 is 40.8 Å². The summed E-state index contributed by atoms with van der Waals surface area (Å²) in [6.45, 7) is -0.0643. The Labute approximate surface area is 106 Å². The second-order valence-electron chi connectivity index (χ2n) is 3.44. The van der Waals surface area contributed by atoms with Gasteiger partial charge in [-0.1, -0.05) is 6.07 Å². The summed E-state index contributed by atoms with van der Waals surface area (Å²) in [7, 11) is 0. The standard InChI is InChI=1S/C10H10N2O3S2/c13-7-4-12(5-8(14)11-7)9(15)6-17-10-2-1-3-16-10/h1-3H,4-6H2,(H,11,13,14). The zero-order valence-corrected chi connectivity index (χ0v) is 10.5. The van der Waals surface area contributed by atoms with E-state index in [0.717, 1.165) is 4.21 Å². The number of thiophene rings is 1. The molecule has 2 rings (SSSR count). The molecule has 1 saturated heterocycles. The van der Waals surface area contributed by atoms with Gasteiger partial charge in [0.1, 0.15) is 13.1 Å². The summed E-state index contributed by atoms with van der Waals surface area (Å²) in [5.41, 5.74) is 0. The predicted molar refractivity (Wildman–Crippen MR) is 64.8 cm³/mol. The van der Waals surface area contributed by atoms with Crippen LogP contribution in [0.1, 0.15) is 0 Å². The Morgan fingerprint density at radius 3 is 2.71 bits per heavy atom. The Morgan fingerprint density at radius 1 is 1.41 bits per heavy atom. The minimum absolute atomic E-state index is 0.0322. The number of hydrogen-bond acceptors (Lipinski definition) is 5. The summed E-state index contributed by atoms with van der Waals surface area (Å²) >= 11 is 2.97. The van der Waals surface area contributed by atoms with Crippen molar-refractivity contribution in [3.05, 3.63) is 17.5 Å². The van der Waals surface area contributed by atoms with Crippen molar-refractivity contribution in [1.82, 2.24) is 10.2 Å². The summed E-state index contributed by atoms with van der Waals surface area (Å²) in [5.74, 6) is -0.779. The largest absolute Gasteiger partial charge is 0.323 e. The highest BCUT2D eigenvalue weighted by Crippen LogP contribution is 2.23. The predicted octanol–water partition coefficient (Wildman–Crippen LogP) is 0.325. The van der Waals surface area contributed by atoms with Crippen LogP contribution in [0.4, 0.5) is 0 Å². The maximum absolute atomic E-state index is 11.8. The fourth-order valence-electron chi connectivity index (χ4n) is 1.38. The monoisotopic (exact) mass is 270 g/mol. The van der Waals surface area contributed by atoms with Gasteiger partial charge in [0, 0.05) is 0 Å². The van der Waals surface area contributed by atoms with Gasteiger partial charge in [0.25, 0.3) is 0 Å². The van der Waals surface area contributed by atoms with Crippen LogP contribution in [0, 0.1) is 0 Å². The van der Waals surface area contributed by atoms with Crippen LogP contribution in [0.15, 0.2) is 21.7 Å². The lowest BCUT2D eigenvalue weighted by molar-refractivity contribution is -0.144. The van der Waals surface area contributed by atoms with Crippen molar-refractivity contribution in [2.75, 3.05) is 18.8 Å². The molecule has 0 bridgehead atoms. The van der Waals surface area contributed by atoms with E-state index in [4.69, 9.17) is 0 Å². The van der Waals surface area contributed by atoms with Crippen LogP contribution in [0.2, 0.25) is 0 Å². The van der Waals surface area contributed by atoms with Gasteiger partial charge in [0.15, 0.2) is 0 Å². The first-order chi connectivity index (χ1) is 8.15. The van der Waals surface area contributed by atoms with Gasteiger partial charge in [-0.15, -0.1) is 23.1 Å². The van der Waals surface area contributed by atoms with Gasteiger partial charge in [-0.3, -0.25) is 19.7 Å². The second kappa shape index (κ2) is 5.33.